The molecule has 1 aromatic heterocycles. The molecule has 0 radical (unpaired) electrons. The summed E-state index contributed by atoms with van der Waals surface area (Å²) >= 11 is 14.0. The van der Waals surface area contributed by atoms with Gasteiger partial charge in [-0.05, 0) is 66.4 Å². The fourth-order valence-corrected chi connectivity index (χ4v) is 4.55. The summed E-state index contributed by atoms with van der Waals surface area (Å²) in [5.74, 6) is 1.61. The largest absolute Gasteiger partial charge is 0.459 e. The molecule has 3 nitrogen and oxygen atoms in total. The molecule has 2 heterocycles. The number of rotatable bonds is 5. The average Bonchev–Trinajstić information content (AvgIpc) is 3.49. The van der Waals surface area contributed by atoms with Crippen molar-refractivity contribution in [3.05, 3.63) is 106 Å². The monoisotopic (exact) mass is 478 g/mol. The van der Waals surface area contributed by atoms with Gasteiger partial charge in [0.25, 0.3) is 0 Å². The SMILES string of the molecule is CSc1ccc(C2=NN(c3ccccc3)C(c3ccc(-c4ccc(Cl)c(Cl)c4)o3)C2)cc1. The van der Waals surface area contributed by atoms with Gasteiger partial charge < -0.3 is 4.42 Å². The molecule has 1 atom stereocenters. The Balaban J connectivity index is 1.49. The predicted molar refractivity (Wildman–Crippen MR) is 135 cm³/mol. The van der Waals surface area contributed by atoms with E-state index in [2.05, 4.69) is 47.7 Å². The van der Waals surface area contributed by atoms with Gasteiger partial charge in [0.05, 0.1) is 21.4 Å². The van der Waals surface area contributed by atoms with Crippen molar-refractivity contribution in [2.45, 2.75) is 17.4 Å². The zero-order valence-corrected chi connectivity index (χ0v) is 19.7. The van der Waals surface area contributed by atoms with Crippen molar-refractivity contribution in [2.24, 2.45) is 5.10 Å². The molecule has 1 aliphatic rings. The van der Waals surface area contributed by atoms with Crippen LogP contribution in [-0.4, -0.2) is 12.0 Å². The van der Waals surface area contributed by atoms with Gasteiger partial charge in [0.15, 0.2) is 0 Å². The number of benzene rings is 3. The fraction of sp³-hybridized carbons (Fsp3) is 0.115. The summed E-state index contributed by atoms with van der Waals surface area (Å²) in [5, 5.41) is 8.08. The van der Waals surface area contributed by atoms with E-state index in [1.165, 1.54) is 4.90 Å². The summed E-state index contributed by atoms with van der Waals surface area (Å²) in [7, 11) is 0. The molecule has 0 bridgehead atoms. The van der Waals surface area contributed by atoms with Crippen molar-refractivity contribution in [3.63, 3.8) is 0 Å². The number of anilines is 1. The Morgan fingerprint density at radius 1 is 0.875 bits per heavy atom. The van der Waals surface area contributed by atoms with Crippen LogP contribution in [0.4, 0.5) is 5.69 Å². The van der Waals surface area contributed by atoms with Crippen LogP contribution in [-0.2, 0) is 0 Å². The van der Waals surface area contributed by atoms with Crippen LogP contribution in [0.5, 0.6) is 0 Å². The van der Waals surface area contributed by atoms with E-state index in [4.69, 9.17) is 32.7 Å². The van der Waals surface area contributed by atoms with Crippen LogP contribution >= 0.6 is 35.0 Å². The Labute approximate surface area is 201 Å². The van der Waals surface area contributed by atoms with E-state index in [1.807, 2.05) is 42.5 Å². The van der Waals surface area contributed by atoms with Crippen molar-refractivity contribution in [2.75, 3.05) is 11.3 Å². The molecule has 1 unspecified atom stereocenters. The quantitative estimate of drug-likeness (QED) is 0.270. The van der Waals surface area contributed by atoms with Gasteiger partial charge in [-0.2, -0.15) is 5.10 Å². The summed E-state index contributed by atoms with van der Waals surface area (Å²) in [6.07, 6.45) is 2.83. The smallest absolute Gasteiger partial charge is 0.134 e. The predicted octanol–water partition coefficient (Wildman–Crippen LogP) is 8.33. The Morgan fingerprint density at radius 3 is 2.34 bits per heavy atom. The van der Waals surface area contributed by atoms with E-state index in [-0.39, 0.29) is 6.04 Å². The number of para-hydroxylation sites is 1. The highest BCUT2D eigenvalue weighted by Crippen LogP contribution is 2.39. The lowest BCUT2D eigenvalue weighted by atomic mass is 10.0. The molecule has 0 saturated heterocycles. The van der Waals surface area contributed by atoms with Gasteiger partial charge in [-0.25, -0.2) is 0 Å². The molecule has 1 aliphatic heterocycles. The van der Waals surface area contributed by atoms with E-state index in [0.717, 1.165) is 40.5 Å². The second-order valence-electron chi connectivity index (χ2n) is 7.51. The lowest BCUT2D eigenvalue weighted by molar-refractivity contribution is 0.475. The van der Waals surface area contributed by atoms with Crippen LogP contribution in [0.15, 0.2) is 99.3 Å². The maximum atomic E-state index is 6.30. The summed E-state index contributed by atoms with van der Waals surface area (Å²) < 4.78 is 6.30. The first-order valence-corrected chi connectivity index (χ1v) is 12.2. The molecule has 6 heteroatoms. The van der Waals surface area contributed by atoms with Crippen LogP contribution in [0.2, 0.25) is 10.0 Å². The van der Waals surface area contributed by atoms with Crippen LogP contribution in [0.1, 0.15) is 23.8 Å². The number of halogens is 2. The van der Waals surface area contributed by atoms with E-state index in [0.29, 0.717) is 10.0 Å². The number of furan rings is 1. The first-order valence-electron chi connectivity index (χ1n) is 10.2. The molecule has 0 spiro atoms. The third-order valence-electron chi connectivity index (χ3n) is 5.51. The Morgan fingerprint density at radius 2 is 1.62 bits per heavy atom. The van der Waals surface area contributed by atoms with Crippen molar-refractivity contribution < 1.29 is 4.42 Å². The molecule has 32 heavy (non-hydrogen) atoms. The van der Waals surface area contributed by atoms with Gasteiger partial charge in [-0.1, -0.05) is 53.5 Å². The lowest BCUT2D eigenvalue weighted by Crippen LogP contribution is -2.17. The molecule has 0 saturated carbocycles. The van der Waals surface area contributed by atoms with Crippen molar-refractivity contribution in [1.82, 2.24) is 0 Å². The van der Waals surface area contributed by atoms with E-state index in [9.17, 15) is 0 Å². The molecule has 0 N–H and O–H groups in total. The third kappa shape index (κ3) is 4.18. The minimum atomic E-state index is -0.0378. The third-order valence-corrected chi connectivity index (χ3v) is 7.00. The molecule has 4 aromatic rings. The molecule has 5 rings (SSSR count). The van der Waals surface area contributed by atoms with Gasteiger partial charge in [0.2, 0.25) is 0 Å². The second kappa shape index (κ2) is 9.07. The fourth-order valence-electron chi connectivity index (χ4n) is 3.85. The Hall–Kier alpha value is -2.66. The van der Waals surface area contributed by atoms with Gasteiger partial charge in [0.1, 0.15) is 17.6 Å². The highest BCUT2D eigenvalue weighted by molar-refractivity contribution is 7.98. The molecule has 3 aromatic carbocycles. The zero-order valence-electron chi connectivity index (χ0n) is 17.3. The van der Waals surface area contributed by atoms with Gasteiger partial charge in [0, 0.05) is 16.9 Å². The summed E-state index contributed by atoms with van der Waals surface area (Å²) in [5.41, 5.74) is 4.09. The van der Waals surface area contributed by atoms with Gasteiger partial charge >= 0.3 is 0 Å². The molecule has 0 amide bonds. The lowest BCUT2D eigenvalue weighted by Gasteiger charge is -2.21. The number of hydrazone groups is 1. The maximum Gasteiger partial charge on any atom is 0.134 e. The molecule has 0 fully saturated rings. The van der Waals surface area contributed by atoms with Crippen LogP contribution in [0.3, 0.4) is 0 Å². The minimum absolute atomic E-state index is 0.0378. The van der Waals surface area contributed by atoms with E-state index < -0.39 is 0 Å². The standard InChI is InChI=1S/C26H20Cl2N2OS/c1-32-20-10-7-17(8-11-20)23-16-24(30(29-23)19-5-3-2-4-6-19)26-14-13-25(31-26)18-9-12-21(27)22(28)15-18/h2-15,24H,16H2,1H3. The van der Waals surface area contributed by atoms with Crippen molar-refractivity contribution in [1.29, 1.82) is 0 Å². The highest BCUT2D eigenvalue weighted by atomic mass is 35.5. The Kier molecular flexibility index (Phi) is 6.01. The minimum Gasteiger partial charge on any atom is -0.459 e. The summed E-state index contributed by atoms with van der Waals surface area (Å²) in [4.78, 5) is 1.24. The highest BCUT2D eigenvalue weighted by Gasteiger charge is 2.32. The zero-order chi connectivity index (χ0) is 22.1. The molecule has 0 aliphatic carbocycles. The normalized spacial score (nSPS) is 15.8. The summed E-state index contributed by atoms with van der Waals surface area (Å²) in [6.45, 7) is 0. The maximum absolute atomic E-state index is 6.30. The number of thioether (sulfide) groups is 1. The number of hydrogen-bond donors (Lipinski definition) is 0. The second-order valence-corrected chi connectivity index (χ2v) is 9.20. The molecular weight excluding hydrogens is 459 g/mol. The average molecular weight is 479 g/mol. The van der Waals surface area contributed by atoms with Crippen molar-refractivity contribution in [3.8, 4) is 11.3 Å². The number of nitrogens with zero attached hydrogens (tertiary/aromatic N) is 2. The first kappa shape index (κ1) is 21.2. The van der Waals surface area contributed by atoms with Crippen molar-refractivity contribution >= 4 is 46.4 Å². The van der Waals surface area contributed by atoms with E-state index >= 15 is 0 Å². The van der Waals surface area contributed by atoms with Crippen LogP contribution in [0.25, 0.3) is 11.3 Å². The van der Waals surface area contributed by atoms with Gasteiger partial charge in [-0.15, -0.1) is 11.8 Å². The van der Waals surface area contributed by atoms with Crippen LogP contribution in [0, 0.1) is 0 Å². The number of hydrogen-bond acceptors (Lipinski definition) is 4. The first-order chi connectivity index (χ1) is 15.6. The molecular formula is C26H20Cl2N2OS. The van der Waals surface area contributed by atoms with Crippen LogP contribution < -0.4 is 5.01 Å². The van der Waals surface area contributed by atoms with Gasteiger partial charge in [-0.3, -0.25) is 5.01 Å². The molecule has 160 valence electrons. The Bertz CT molecular complexity index is 1270. The van der Waals surface area contributed by atoms with E-state index in [1.54, 1.807) is 17.8 Å². The summed E-state index contributed by atoms with van der Waals surface area (Å²) in [6, 6.07) is 28.2. The topological polar surface area (TPSA) is 28.7 Å².